The minimum absolute atomic E-state index is 0.0272. The van der Waals surface area contributed by atoms with Gasteiger partial charge < -0.3 is 9.52 Å². The van der Waals surface area contributed by atoms with Crippen molar-refractivity contribution in [1.29, 1.82) is 0 Å². The third-order valence-corrected chi connectivity index (χ3v) is 1.97. The average Bonchev–Trinajstić information content (AvgIpc) is 2.59. The van der Waals surface area contributed by atoms with E-state index in [1.807, 2.05) is 0 Å². The number of halogens is 1. The molecule has 5 heteroatoms. The van der Waals surface area contributed by atoms with E-state index < -0.39 is 0 Å². The van der Waals surface area contributed by atoms with E-state index in [2.05, 4.69) is 4.98 Å². The number of ketones is 1. The maximum Gasteiger partial charge on any atom is 0.265 e. The second kappa shape index (κ2) is 3.31. The lowest BCUT2D eigenvalue weighted by atomic mass is 10.3. The number of aromatic hydroxyl groups is 1. The number of alkyl halides is 1. The molecule has 72 valence electrons. The summed E-state index contributed by atoms with van der Waals surface area (Å²) in [5, 5.41) is 9.14. The number of nitrogens with zero attached hydrogens (tertiary/aromatic N) is 1. The van der Waals surface area contributed by atoms with Crippen molar-refractivity contribution in [3.8, 4) is 5.75 Å². The normalized spacial score (nSPS) is 10.6. The quantitative estimate of drug-likeness (QED) is 0.609. The molecule has 0 bridgehead atoms. The molecule has 0 aliphatic carbocycles. The zero-order chi connectivity index (χ0) is 10.1. The molecule has 0 saturated carbocycles. The van der Waals surface area contributed by atoms with E-state index in [9.17, 15) is 4.79 Å². The van der Waals surface area contributed by atoms with Crippen molar-refractivity contribution in [2.24, 2.45) is 0 Å². The number of oxazole rings is 1. The molecule has 0 aliphatic rings. The molecular weight excluding hydrogens is 206 g/mol. The molecule has 0 atom stereocenters. The Labute approximate surface area is 84.1 Å². The molecular formula is C9H6ClNO3. The first-order valence-corrected chi connectivity index (χ1v) is 4.43. The smallest absolute Gasteiger partial charge is 0.265 e. The van der Waals surface area contributed by atoms with Crippen LogP contribution in [0.3, 0.4) is 0 Å². The maximum absolute atomic E-state index is 11.1. The Bertz CT molecular complexity index is 492. The van der Waals surface area contributed by atoms with E-state index in [-0.39, 0.29) is 23.3 Å². The van der Waals surface area contributed by atoms with Crippen LogP contribution in [0.2, 0.25) is 0 Å². The summed E-state index contributed by atoms with van der Waals surface area (Å²) in [5.74, 6) is -0.500. The third kappa shape index (κ3) is 1.44. The highest BCUT2D eigenvalue weighted by atomic mass is 35.5. The first kappa shape index (κ1) is 9.02. The maximum atomic E-state index is 11.1. The first-order valence-electron chi connectivity index (χ1n) is 3.89. The van der Waals surface area contributed by atoms with Crippen LogP contribution in [0.15, 0.2) is 22.6 Å². The van der Waals surface area contributed by atoms with Crippen LogP contribution in [-0.4, -0.2) is 21.8 Å². The van der Waals surface area contributed by atoms with Gasteiger partial charge in [0.25, 0.3) is 5.89 Å². The zero-order valence-electron chi connectivity index (χ0n) is 7.03. The molecule has 0 radical (unpaired) electrons. The van der Waals surface area contributed by atoms with Gasteiger partial charge in [0.1, 0.15) is 11.3 Å². The number of rotatable bonds is 2. The number of aromatic nitrogens is 1. The second-order valence-electron chi connectivity index (χ2n) is 2.73. The number of benzene rings is 1. The molecule has 0 spiro atoms. The molecule has 0 aliphatic heterocycles. The SMILES string of the molecule is O=C(CCl)c1nc2ccc(O)cc2o1. The Morgan fingerprint density at radius 2 is 2.36 bits per heavy atom. The molecule has 2 aromatic rings. The molecule has 1 aromatic carbocycles. The lowest BCUT2D eigenvalue weighted by Crippen LogP contribution is -1.99. The lowest BCUT2D eigenvalue weighted by Gasteiger charge is -1.87. The second-order valence-corrected chi connectivity index (χ2v) is 3.00. The number of carbonyl (C=O) groups is 1. The van der Waals surface area contributed by atoms with Gasteiger partial charge in [-0.3, -0.25) is 4.79 Å². The lowest BCUT2D eigenvalue weighted by molar-refractivity contribution is 0.0986. The standard InChI is InChI=1S/C9H6ClNO3/c10-4-7(13)9-11-6-2-1-5(12)3-8(6)14-9/h1-3,12H,4H2. The number of hydrogen-bond acceptors (Lipinski definition) is 4. The van der Waals surface area contributed by atoms with Gasteiger partial charge in [-0.15, -0.1) is 11.6 Å². The molecule has 0 saturated heterocycles. The van der Waals surface area contributed by atoms with Crippen LogP contribution in [0.5, 0.6) is 5.75 Å². The van der Waals surface area contributed by atoms with E-state index in [1.165, 1.54) is 12.1 Å². The highest BCUT2D eigenvalue weighted by Gasteiger charge is 2.12. The minimum atomic E-state index is -0.373. The number of phenols is 1. The van der Waals surface area contributed by atoms with E-state index in [0.717, 1.165) is 0 Å². The molecule has 0 fully saturated rings. The fraction of sp³-hybridized carbons (Fsp3) is 0.111. The predicted octanol–water partition coefficient (Wildman–Crippen LogP) is 1.95. The van der Waals surface area contributed by atoms with Crippen molar-refractivity contribution in [2.75, 3.05) is 5.88 Å². The summed E-state index contributed by atoms with van der Waals surface area (Å²) in [6.07, 6.45) is 0. The van der Waals surface area contributed by atoms with Gasteiger partial charge in [-0.25, -0.2) is 4.98 Å². The van der Waals surface area contributed by atoms with Crippen LogP contribution in [0.1, 0.15) is 10.7 Å². The number of carbonyl (C=O) groups excluding carboxylic acids is 1. The highest BCUT2D eigenvalue weighted by molar-refractivity contribution is 6.29. The summed E-state index contributed by atoms with van der Waals surface area (Å²) < 4.78 is 5.10. The zero-order valence-corrected chi connectivity index (χ0v) is 7.78. The Morgan fingerprint density at radius 1 is 1.57 bits per heavy atom. The Morgan fingerprint density at radius 3 is 3.07 bits per heavy atom. The number of Topliss-reactive ketones (excluding diaryl/α,β-unsaturated/α-hetero) is 1. The molecule has 0 unspecified atom stereocenters. The summed E-state index contributed by atoms with van der Waals surface area (Å²) in [6.45, 7) is 0. The van der Waals surface area contributed by atoms with Crippen LogP contribution < -0.4 is 0 Å². The molecule has 0 amide bonds. The van der Waals surface area contributed by atoms with Crippen LogP contribution in [0.25, 0.3) is 11.1 Å². The van der Waals surface area contributed by atoms with Gasteiger partial charge in [0.15, 0.2) is 5.58 Å². The van der Waals surface area contributed by atoms with Crippen molar-refractivity contribution >= 4 is 28.5 Å². The van der Waals surface area contributed by atoms with Crippen LogP contribution in [-0.2, 0) is 0 Å². The summed E-state index contributed by atoms with van der Waals surface area (Å²) in [5.41, 5.74) is 0.898. The van der Waals surface area contributed by atoms with Gasteiger partial charge in [0.2, 0.25) is 5.78 Å². The summed E-state index contributed by atoms with van der Waals surface area (Å²) in [7, 11) is 0. The van der Waals surface area contributed by atoms with Gasteiger partial charge in [0.05, 0.1) is 5.88 Å². The first-order chi connectivity index (χ1) is 6.70. The highest BCUT2D eigenvalue weighted by Crippen LogP contribution is 2.20. The van der Waals surface area contributed by atoms with E-state index >= 15 is 0 Å². The van der Waals surface area contributed by atoms with Crippen molar-refractivity contribution in [3.63, 3.8) is 0 Å². The fourth-order valence-corrected chi connectivity index (χ4v) is 1.20. The summed E-state index contributed by atoms with van der Waals surface area (Å²) in [4.78, 5) is 15.0. The Hall–Kier alpha value is -1.55. The fourth-order valence-electron chi connectivity index (χ4n) is 1.09. The topological polar surface area (TPSA) is 63.3 Å². The third-order valence-electron chi connectivity index (χ3n) is 1.73. The van der Waals surface area contributed by atoms with Gasteiger partial charge in [-0.05, 0) is 12.1 Å². The van der Waals surface area contributed by atoms with Gasteiger partial charge in [-0.1, -0.05) is 0 Å². The van der Waals surface area contributed by atoms with E-state index in [0.29, 0.717) is 11.1 Å². The van der Waals surface area contributed by atoms with Crippen LogP contribution in [0, 0.1) is 0 Å². The molecule has 1 aromatic heterocycles. The minimum Gasteiger partial charge on any atom is -0.508 e. The Balaban J connectivity index is 2.56. The van der Waals surface area contributed by atoms with E-state index in [1.54, 1.807) is 6.07 Å². The van der Waals surface area contributed by atoms with E-state index in [4.69, 9.17) is 21.1 Å². The van der Waals surface area contributed by atoms with Crippen molar-refractivity contribution in [1.82, 2.24) is 4.98 Å². The number of hydrogen-bond donors (Lipinski definition) is 1. The van der Waals surface area contributed by atoms with Gasteiger partial charge in [-0.2, -0.15) is 0 Å². The monoisotopic (exact) mass is 211 g/mol. The molecule has 4 nitrogen and oxygen atoms in total. The van der Waals surface area contributed by atoms with Crippen molar-refractivity contribution < 1.29 is 14.3 Å². The summed E-state index contributed by atoms with van der Waals surface area (Å²) >= 11 is 5.35. The van der Waals surface area contributed by atoms with Crippen LogP contribution in [0.4, 0.5) is 0 Å². The Kier molecular flexibility index (Phi) is 2.13. The molecule has 2 rings (SSSR count). The van der Waals surface area contributed by atoms with Crippen molar-refractivity contribution in [2.45, 2.75) is 0 Å². The number of fused-ring (bicyclic) bond motifs is 1. The van der Waals surface area contributed by atoms with Crippen LogP contribution >= 0.6 is 11.6 Å². The molecule has 1 N–H and O–H groups in total. The van der Waals surface area contributed by atoms with Gasteiger partial charge in [0, 0.05) is 6.07 Å². The van der Waals surface area contributed by atoms with Gasteiger partial charge >= 0.3 is 0 Å². The predicted molar refractivity (Wildman–Crippen MR) is 50.7 cm³/mol. The number of phenolic OH excluding ortho intramolecular Hbond substituents is 1. The largest absolute Gasteiger partial charge is 0.508 e. The average molecular weight is 212 g/mol. The molecule has 14 heavy (non-hydrogen) atoms. The summed E-state index contributed by atoms with van der Waals surface area (Å²) in [6, 6.07) is 4.44. The van der Waals surface area contributed by atoms with Crippen molar-refractivity contribution in [3.05, 3.63) is 24.1 Å². The molecule has 1 heterocycles.